The monoisotopic (exact) mass is 360 g/mol. The average molecular weight is 361 g/mol. The molecule has 0 spiro atoms. The first-order valence-electron chi connectivity index (χ1n) is 8.91. The zero-order valence-corrected chi connectivity index (χ0v) is 15.9. The molecule has 25 heavy (non-hydrogen) atoms. The summed E-state index contributed by atoms with van der Waals surface area (Å²) < 4.78 is 0. The van der Waals surface area contributed by atoms with E-state index in [2.05, 4.69) is 53.6 Å². The van der Waals surface area contributed by atoms with Gasteiger partial charge in [-0.05, 0) is 30.0 Å². The Morgan fingerprint density at radius 3 is 2.60 bits per heavy atom. The molecule has 0 aromatic heterocycles. The van der Waals surface area contributed by atoms with Gasteiger partial charge in [0, 0.05) is 37.6 Å². The van der Waals surface area contributed by atoms with E-state index in [1.165, 1.54) is 11.3 Å². The molecule has 1 atom stereocenters. The highest BCUT2D eigenvalue weighted by molar-refractivity contribution is 7.99. The van der Waals surface area contributed by atoms with Crippen molar-refractivity contribution in [3.05, 3.63) is 29.8 Å². The third-order valence-electron chi connectivity index (χ3n) is 4.19. The number of nitrogens with one attached hydrogen (secondary N) is 2. The number of carbonyl (C=O) groups excluding carboxylic acids is 1. The van der Waals surface area contributed by atoms with Gasteiger partial charge in [0.05, 0.1) is 11.3 Å². The van der Waals surface area contributed by atoms with Gasteiger partial charge in [0.15, 0.2) is 0 Å². The number of piperazine rings is 1. The van der Waals surface area contributed by atoms with Crippen LogP contribution in [0.5, 0.6) is 0 Å². The molecule has 2 N–H and O–H groups in total. The molecule has 1 aliphatic heterocycles. The third kappa shape index (κ3) is 6.60. The van der Waals surface area contributed by atoms with E-state index in [-0.39, 0.29) is 17.7 Å². The molecule has 1 aromatic rings. The second-order valence-corrected chi connectivity index (χ2v) is 7.90. The summed E-state index contributed by atoms with van der Waals surface area (Å²) in [6.45, 7) is 8.47. The van der Waals surface area contributed by atoms with Gasteiger partial charge in [-0.1, -0.05) is 26.0 Å². The van der Waals surface area contributed by atoms with Gasteiger partial charge in [-0.15, -0.1) is 11.8 Å². The molecule has 2 rings (SSSR count). The maximum absolute atomic E-state index is 12.2. The van der Waals surface area contributed by atoms with Crippen molar-refractivity contribution in [3.8, 4) is 6.07 Å². The van der Waals surface area contributed by atoms with Crippen LogP contribution in [0.4, 0.5) is 5.69 Å². The number of nitriles is 1. The first-order chi connectivity index (χ1) is 12.1. The van der Waals surface area contributed by atoms with Crippen LogP contribution < -0.4 is 15.5 Å². The molecule has 1 unspecified atom stereocenters. The lowest BCUT2D eigenvalue weighted by Crippen LogP contribution is -2.43. The Hall–Kier alpha value is -1.71. The lowest BCUT2D eigenvalue weighted by Gasteiger charge is -2.29. The van der Waals surface area contributed by atoms with Gasteiger partial charge >= 0.3 is 0 Å². The molecule has 0 aliphatic carbocycles. The average Bonchev–Trinajstić information content (AvgIpc) is 2.64. The van der Waals surface area contributed by atoms with Crippen LogP contribution in [0.2, 0.25) is 0 Å². The second-order valence-electron chi connectivity index (χ2n) is 6.71. The molecular formula is C19H28N4OS. The fraction of sp³-hybridized carbons (Fsp3) is 0.579. The zero-order valence-electron chi connectivity index (χ0n) is 15.1. The van der Waals surface area contributed by atoms with E-state index in [4.69, 9.17) is 5.26 Å². The lowest BCUT2D eigenvalue weighted by molar-refractivity contribution is -0.120. The summed E-state index contributed by atoms with van der Waals surface area (Å²) in [6, 6.07) is 10.6. The minimum absolute atomic E-state index is 0.0299. The fourth-order valence-corrected chi connectivity index (χ4v) is 4.18. The van der Waals surface area contributed by atoms with Gasteiger partial charge in [0.25, 0.3) is 0 Å². The quantitative estimate of drug-likeness (QED) is 0.697. The number of thioether (sulfide) groups is 1. The minimum atomic E-state index is -0.110. The molecule has 0 bridgehead atoms. The normalized spacial score (nSPS) is 15.7. The lowest BCUT2D eigenvalue weighted by atomic mass is 10.1. The number of hydrogen-bond donors (Lipinski definition) is 2. The van der Waals surface area contributed by atoms with E-state index in [0.717, 1.165) is 38.4 Å². The third-order valence-corrected chi connectivity index (χ3v) is 5.50. The Morgan fingerprint density at radius 2 is 2.00 bits per heavy atom. The highest BCUT2D eigenvalue weighted by atomic mass is 32.2. The summed E-state index contributed by atoms with van der Waals surface area (Å²) in [4.78, 5) is 14.6. The van der Waals surface area contributed by atoms with Gasteiger partial charge in [-0.3, -0.25) is 4.79 Å². The summed E-state index contributed by atoms with van der Waals surface area (Å²) in [7, 11) is 0. The standard InChI is InChI=1S/C19H28N4OS/c1-15(2)13-18(19(24)22-8-7-20)25-14-16-3-5-17(6-4-16)23-11-9-21-10-12-23/h3-6,15,18,21H,8-14H2,1-2H3,(H,22,24). The Labute approximate surface area is 155 Å². The maximum atomic E-state index is 12.2. The van der Waals surface area contributed by atoms with E-state index in [0.29, 0.717) is 5.92 Å². The fourth-order valence-electron chi connectivity index (χ4n) is 2.84. The van der Waals surface area contributed by atoms with Gasteiger partial charge < -0.3 is 15.5 Å². The maximum Gasteiger partial charge on any atom is 0.233 e. The van der Waals surface area contributed by atoms with E-state index < -0.39 is 0 Å². The smallest absolute Gasteiger partial charge is 0.233 e. The van der Waals surface area contributed by atoms with Gasteiger partial charge in [0.2, 0.25) is 5.91 Å². The molecular weight excluding hydrogens is 332 g/mol. The predicted octanol–water partition coefficient (Wildman–Crippen LogP) is 2.38. The molecule has 1 aromatic carbocycles. The van der Waals surface area contributed by atoms with Crippen LogP contribution in [-0.2, 0) is 10.5 Å². The van der Waals surface area contributed by atoms with Crippen molar-refractivity contribution in [1.82, 2.24) is 10.6 Å². The topological polar surface area (TPSA) is 68.2 Å². The van der Waals surface area contributed by atoms with E-state index in [9.17, 15) is 4.79 Å². The number of anilines is 1. The van der Waals surface area contributed by atoms with Crippen LogP contribution in [0.3, 0.4) is 0 Å². The number of amides is 1. The van der Waals surface area contributed by atoms with Crippen molar-refractivity contribution in [3.63, 3.8) is 0 Å². The van der Waals surface area contributed by atoms with Crippen LogP contribution in [0, 0.1) is 17.2 Å². The van der Waals surface area contributed by atoms with Crippen LogP contribution in [0.1, 0.15) is 25.8 Å². The molecule has 0 radical (unpaired) electrons. The van der Waals surface area contributed by atoms with Crippen LogP contribution >= 0.6 is 11.8 Å². The van der Waals surface area contributed by atoms with Crippen molar-refractivity contribution < 1.29 is 4.79 Å². The summed E-state index contributed by atoms with van der Waals surface area (Å²) in [5.74, 6) is 1.22. The molecule has 136 valence electrons. The van der Waals surface area contributed by atoms with Crippen molar-refractivity contribution in [1.29, 1.82) is 5.26 Å². The van der Waals surface area contributed by atoms with Crippen molar-refractivity contribution >= 4 is 23.4 Å². The van der Waals surface area contributed by atoms with Gasteiger partial charge in [-0.25, -0.2) is 0 Å². The predicted molar refractivity (Wildman–Crippen MR) is 105 cm³/mol. The van der Waals surface area contributed by atoms with Gasteiger partial charge in [0.1, 0.15) is 6.54 Å². The number of carbonyl (C=O) groups is 1. The van der Waals surface area contributed by atoms with E-state index >= 15 is 0 Å². The van der Waals surface area contributed by atoms with Crippen molar-refractivity contribution in [2.24, 2.45) is 5.92 Å². The molecule has 1 saturated heterocycles. The first-order valence-corrected chi connectivity index (χ1v) is 9.96. The summed E-state index contributed by atoms with van der Waals surface area (Å²) in [6.07, 6.45) is 0.820. The SMILES string of the molecule is CC(C)CC(SCc1ccc(N2CCNCC2)cc1)C(=O)NCC#N. The number of benzene rings is 1. The number of nitrogens with zero attached hydrogens (tertiary/aromatic N) is 2. The summed E-state index contributed by atoms with van der Waals surface area (Å²) in [5, 5.41) is 14.6. The molecule has 1 heterocycles. The highest BCUT2D eigenvalue weighted by Crippen LogP contribution is 2.25. The van der Waals surface area contributed by atoms with Crippen molar-refractivity contribution in [2.45, 2.75) is 31.3 Å². The Morgan fingerprint density at radius 1 is 1.32 bits per heavy atom. The zero-order chi connectivity index (χ0) is 18.1. The molecule has 1 aliphatic rings. The van der Waals surface area contributed by atoms with Crippen molar-refractivity contribution in [2.75, 3.05) is 37.6 Å². The highest BCUT2D eigenvalue weighted by Gasteiger charge is 2.20. The summed E-state index contributed by atoms with van der Waals surface area (Å²) in [5.41, 5.74) is 2.49. The van der Waals surface area contributed by atoms with Crippen LogP contribution in [-0.4, -0.2) is 43.9 Å². The minimum Gasteiger partial charge on any atom is -0.369 e. The first kappa shape index (κ1) is 19.6. The van der Waals surface area contributed by atoms with Crippen LogP contribution in [0.15, 0.2) is 24.3 Å². The molecule has 5 nitrogen and oxygen atoms in total. The number of hydrogen-bond acceptors (Lipinski definition) is 5. The Kier molecular flexibility index (Phi) is 8.10. The largest absolute Gasteiger partial charge is 0.369 e. The molecule has 1 amide bonds. The van der Waals surface area contributed by atoms with E-state index in [1.54, 1.807) is 11.8 Å². The molecule has 0 saturated carbocycles. The molecule has 1 fully saturated rings. The Balaban J connectivity index is 1.90. The number of rotatable bonds is 8. The Bertz CT molecular complexity index is 576. The van der Waals surface area contributed by atoms with Gasteiger partial charge in [-0.2, -0.15) is 5.26 Å². The van der Waals surface area contributed by atoms with Crippen LogP contribution in [0.25, 0.3) is 0 Å². The summed E-state index contributed by atoms with van der Waals surface area (Å²) >= 11 is 1.66. The second kappa shape index (κ2) is 10.3. The molecule has 6 heteroatoms. The van der Waals surface area contributed by atoms with E-state index in [1.807, 2.05) is 6.07 Å².